The smallest absolute Gasteiger partial charge is 0.322 e. The average molecular weight is 462 g/mol. The number of nitrogens with zero attached hydrogens (tertiary/aromatic N) is 1. The number of rotatable bonds is 6. The van der Waals surface area contributed by atoms with E-state index in [1.54, 1.807) is 0 Å². The number of alkyl halides is 3. The summed E-state index contributed by atoms with van der Waals surface area (Å²) in [5, 5.41) is 2.52. The summed E-state index contributed by atoms with van der Waals surface area (Å²) in [6.45, 7) is 2.03. The Bertz CT molecular complexity index is 1210. The number of aryl methyl sites for hydroxylation is 1. The maximum absolute atomic E-state index is 12.7. The standard InChI is InChI=1S/C23H21F3N2O3S/c1-16-5-3-4-6-18(16)15-28(32(2,30)31)21-13-7-17(8-14-21)22(29)27-20-11-9-19(10-12-20)23(24,25)26/h3-14H,15H2,1-2H3,(H,27,29). The van der Waals surface area contributed by atoms with Crippen LogP contribution in [0.2, 0.25) is 0 Å². The van der Waals surface area contributed by atoms with Crippen molar-refractivity contribution in [2.75, 3.05) is 15.9 Å². The first-order valence-electron chi connectivity index (χ1n) is 9.56. The summed E-state index contributed by atoms with van der Waals surface area (Å²) in [5.74, 6) is -0.527. The van der Waals surface area contributed by atoms with E-state index >= 15 is 0 Å². The van der Waals surface area contributed by atoms with E-state index in [1.807, 2.05) is 31.2 Å². The van der Waals surface area contributed by atoms with E-state index in [1.165, 1.54) is 40.7 Å². The predicted molar refractivity (Wildman–Crippen MR) is 118 cm³/mol. The van der Waals surface area contributed by atoms with Gasteiger partial charge in [-0.3, -0.25) is 9.10 Å². The minimum atomic E-state index is -4.46. The Morgan fingerprint density at radius 1 is 0.938 bits per heavy atom. The maximum Gasteiger partial charge on any atom is 0.416 e. The quantitative estimate of drug-likeness (QED) is 0.545. The van der Waals surface area contributed by atoms with Crippen LogP contribution in [0.4, 0.5) is 24.5 Å². The molecular formula is C23H21F3N2O3S. The second-order valence-corrected chi connectivity index (χ2v) is 9.18. The molecule has 1 amide bonds. The van der Waals surface area contributed by atoms with Gasteiger partial charge < -0.3 is 5.32 Å². The largest absolute Gasteiger partial charge is 0.416 e. The first-order valence-corrected chi connectivity index (χ1v) is 11.4. The lowest BCUT2D eigenvalue weighted by molar-refractivity contribution is -0.137. The molecule has 0 saturated heterocycles. The van der Waals surface area contributed by atoms with E-state index in [4.69, 9.17) is 0 Å². The first-order chi connectivity index (χ1) is 14.9. The Morgan fingerprint density at radius 3 is 2.06 bits per heavy atom. The molecule has 3 aromatic carbocycles. The molecule has 0 aliphatic rings. The van der Waals surface area contributed by atoms with Gasteiger partial charge in [0.2, 0.25) is 10.0 Å². The Hall–Kier alpha value is -3.33. The lowest BCUT2D eigenvalue weighted by Crippen LogP contribution is -2.29. The molecule has 32 heavy (non-hydrogen) atoms. The van der Waals surface area contributed by atoms with Crippen LogP contribution >= 0.6 is 0 Å². The van der Waals surface area contributed by atoms with Gasteiger partial charge in [-0.1, -0.05) is 24.3 Å². The highest BCUT2D eigenvalue weighted by atomic mass is 32.2. The van der Waals surface area contributed by atoms with E-state index < -0.39 is 27.7 Å². The number of hydrogen-bond acceptors (Lipinski definition) is 3. The number of carbonyl (C=O) groups excluding carboxylic acids is 1. The van der Waals surface area contributed by atoms with Crippen LogP contribution in [0.25, 0.3) is 0 Å². The molecule has 0 bridgehead atoms. The van der Waals surface area contributed by atoms with Crippen molar-refractivity contribution in [1.82, 2.24) is 0 Å². The van der Waals surface area contributed by atoms with Crippen molar-refractivity contribution in [3.63, 3.8) is 0 Å². The van der Waals surface area contributed by atoms with Crippen molar-refractivity contribution in [1.29, 1.82) is 0 Å². The van der Waals surface area contributed by atoms with Gasteiger partial charge in [0.1, 0.15) is 0 Å². The lowest BCUT2D eigenvalue weighted by Gasteiger charge is -2.23. The zero-order valence-corrected chi connectivity index (χ0v) is 18.2. The van der Waals surface area contributed by atoms with Crippen LogP contribution in [-0.2, 0) is 22.7 Å². The number of amides is 1. The van der Waals surface area contributed by atoms with Crippen molar-refractivity contribution < 1.29 is 26.4 Å². The highest BCUT2D eigenvalue weighted by Gasteiger charge is 2.30. The van der Waals surface area contributed by atoms with Crippen LogP contribution in [0, 0.1) is 6.92 Å². The molecule has 3 rings (SSSR count). The Balaban J connectivity index is 1.77. The Kier molecular flexibility index (Phi) is 6.59. The molecule has 0 aliphatic carbocycles. The molecule has 5 nitrogen and oxygen atoms in total. The molecule has 0 atom stereocenters. The number of benzene rings is 3. The summed E-state index contributed by atoms with van der Waals surface area (Å²) in [5.41, 5.74) is 1.83. The molecule has 0 radical (unpaired) electrons. The van der Waals surface area contributed by atoms with E-state index in [-0.39, 0.29) is 17.8 Å². The van der Waals surface area contributed by atoms with Crippen LogP contribution in [0.3, 0.4) is 0 Å². The van der Waals surface area contributed by atoms with Crippen molar-refractivity contribution in [2.45, 2.75) is 19.6 Å². The second kappa shape index (κ2) is 9.04. The number of hydrogen-bond donors (Lipinski definition) is 1. The average Bonchev–Trinajstić information content (AvgIpc) is 2.72. The number of nitrogens with one attached hydrogen (secondary N) is 1. The molecule has 0 aromatic heterocycles. The van der Waals surface area contributed by atoms with Crippen LogP contribution in [0.5, 0.6) is 0 Å². The summed E-state index contributed by atoms with van der Waals surface area (Å²) in [4.78, 5) is 12.4. The molecule has 0 saturated carbocycles. The van der Waals surface area contributed by atoms with Gasteiger partial charge in [-0.2, -0.15) is 13.2 Å². The van der Waals surface area contributed by atoms with Crippen molar-refractivity contribution in [3.05, 3.63) is 95.1 Å². The fourth-order valence-electron chi connectivity index (χ4n) is 3.07. The van der Waals surface area contributed by atoms with Crippen LogP contribution in [-0.4, -0.2) is 20.6 Å². The normalized spacial score (nSPS) is 11.8. The minimum absolute atomic E-state index is 0.141. The molecule has 0 spiro atoms. The van der Waals surface area contributed by atoms with Gasteiger partial charge in [0.25, 0.3) is 5.91 Å². The van der Waals surface area contributed by atoms with Gasteiger partial charge in [-0.25, -0.2) is 8.42 Å². The Morgan fingerprint density at radius 2 is 1.53 bits per heavy atom. The monoisotopic (exact) mass is 462 g/mol. The molecule has 168 valence electrons. The third-order valence-corrected chi connectivity index (χ3v) is 6.00. The fraction of sp³-hybridized carbons (Fsp3) is 0.174. The minimum Gasteiger partial charge on any atom is -0.322 e. The summed E-state index contributed by atoms with van der Waals surface area (Å²) in [7, 11) is -3.59. The topological polar surface area (TPSA) is 66.5 Å². The van der Waals surface area contributed by atoms with E-state index in [0.29, 0.717) is 5.69 Å². The van der Waals surface area contributed by atoms with Gasteiger partial charge in [-0.15, -0.1) is 0 Å². The van der Waals surface area contributed by atoms with E-state index in [2.05, 4.69) is 5.32 Å². The van der Waals surface area contributed by atoms with E-state index in [9.17, 15) is 26.4 Å². The number of halogens is 3. The molecule has 0 heterocycles. The molecule has 3 aromatic rings. The fourth-order valence-corrected chi connectivity index (χ4v) is 3.95. The second-order valence-electron chi connectivity index (χ2n) is 7.27. The highest BCUT2D eigenvalue weighted by Crippen LogP contribution is 2.30. The van der Waals surface area contributed by atoms with Gasteiger partial charge in [-0.05, 0) is 66.6 Å². The van der Waals surface area contributed by atoms with Gasteiger partial charge >= 0.3 is 6.18 Å². The van der Waals surface area contributed by atoms with Crippen LogP contribution in [0.1, 0.15) is 27.0 Å². The molecule has 1 N–H and O–H groups in total. The zero-order chi connectivity index (χ0) is 23.5. The predicted octanol–water partition coefficient (Wildman–Crippen LogP) is 5.23. The van der Waals surface area contributed by atoms with Crippen molar-refractivity contribution in [2.24, 2.45) is 0 Å². The van der Waals surface area contributed by atoms with Crippen molar-refractivity contribution in [3.8, 4) is 0 Å². The molecular weight excluding hydrogens is 441 g/mol. The first kappa shape index (κ1) is 23.3. The van der Waals surface area contributed by atoms with Crippen LogP contribution in [0.15, 0.2) is 72.8 Å². The SMILES string of the molecule is Cc1ccccc1CN(c1ccc(C(=O)Nc2ccc(C(F)(F)F)cc2)cc1)S(C)(=O)=O. The third-order valence-electron chi connectivity index (χ3n) is 4.86. The molecule has 0 aliphatic heterocycles. The summed E-state index contributed by atoms with van der Waals surface area (Å²) in [6.07, 6.45) is -3.35. The van der Waals surface area contributed by atoms with Gasteiger partial charge in [0.05, 0.1) is 24.1 Å². The van der Waals surface area contributed by atoms with Gasteiger partial charge in [0.15, 0.2) is 0 Å². The summed E-state index contributed by atoms with van der Waals surface area (Å²) >= 11 is 0. The van der Waals surface area contributed by atoms with Gasteiger partial charge in [0, 0.05) is 11.3 Å². The number of carbonyl (C=O) groups is 1. The molecule has 0 fully saturated rings. The van der Waals surface area contributed by atoms with Crippen molar-refractivity contribution >= 4 is 27.3 Å². The Labute approximate surface area is 184 Å². The summed E-state index contributed by atoms with van der Waals surface area (Å²) in [6, 6.07) is 17.5. The highest BCUT2D eigenvalue weighted by molar-refractivity contribution is 7.92. The zero-order valence-electron chi connectivity index (χ0n) is 17.3. The lowest BCUT2D eigenvalue weighted by atomic mass is 10.1. The van der Waals surface area contributed by atoms with Crippen LogP contribution < -0.4 is 9.62 Å². The number of anilines is 2. The molecule has 9 heteroatoms. The maximum atomic E-state index is 12.7. The molecule has 0 unspecified atom stereocenters. The number of sulfonamides is 1. The van der Waals surface area contributed by atoms with E-state index in [0.717, 1.165) is 29.5 Å². The summed E-state index contributed by atoms with van der Waals surface area (Å²) < 4.78 is 64.0. The third kappa shape index (κ3) is 5.67.